The molecule has 5 heteroatoms. The average molecular weight is 343 g/mol. The fourth-order valence-electron chi connectivity index (χ4n) is 1.45. The molecule has 4 nitrogen and oxygen atoms in total. The maximum absolute atomic E-state index is 5.20. The average Bonchev–Trinajstić information content (AvgIpc) is 2.78. The minimum absolute atomic E-state index is 0.140. The van der Waals surface area contributed by atoms with Gasteiger partial charge in [-0.15, -0.1) is 0 Å². The van der Waals surface area contributed by atoms with E-state index in [0.717, 1.165) is 11.4 Å². The molecule has 2 aromatic rings. The van der Waals surface area contributed by atoms with Gasteiger partial charge in [-0.3, -0.25) is 0 Å². The minimum atomic E-state index is 0.140. The molecule has 0 saturated heterocycles. The first-order valence-electron chi connectivity index (χ1n) is 5.37. The lowest BCUT2D eigenvalue weighted by atomic mass is 10.2. The summed E-state index contributed by atoms with van der Waals surface area (Å²) < 4.78 is 8.21. The fraction of sp³-hybridized carbons (Fsp3) is 0.333. The van der Waals surface area contributed by atoms with Crippen molar-refractivity contribution in [2.45, 2.75) is 19.6 Å². The van der Waals surface area contributed by atoms with Crippen LogP contribution in [0.15, 0.2) is 30.6 Å². The lowest BCUT2D eigenvalue weighted by Gasteiger charge is -2.07. The van der Waals surface area contributed by atoms with Gasteiger partial charge in [-0.1, -0.05) is 12.1 Å². The monoisotopic (exact) mass is 343 g/mol. The molecule has 0 radical (unpaired) electrons. The van der Waals surface area contributed by atoms with Crippen LogP contribution in [0, 0.1) is 3.57 Å². The molecule has 1 aromatic carbocycles. The summed E-state index contributed by atoms with van der Waals surface area (Å²) in [4.78, 5) is 4.30. The van der Waals surface area contributed by atoms with E-state index < -0.39 is 0 Å². The van der Waals surface area contributed by atoms with Gasteiger partial charge in [0.15, 0.2) is 5.82 Å². The van der Waals surface area contributed by atoms with Crippen molar-refractivity contribution in [2.75, 3.05) is 7.11 Å². The second-order valence-corrected chi connectivity index (χ2v) is 5.09. The van der Waals surface area contributed by atoms with Crippen LogP contribution < -0.4 is 0 Å². The number of halogens is 1. The van der Waals surface area contributed by atoms with E-state index in [1.807, 2.05) is 35.9 Å². The summed E-state index contributed by atoms with van der Waals surface area (Å²) in [6.07, 6.45) is 1.88. The molecular weight excluding hydrogens is 329 g/mol. The van der Waals surface area contributed by atoms with Crippen molar-refractivity contribution in [3.05, 3.63) is 34.2 Å². The number of rotatable bonds is 4. The van der Waals surface area contributed by atoms with Crippen LogP contribution in [0.3, 0.4) is 0 Å². The molecule has 0 fully saturated rings. The Morgan fingerprint density at radius 3 is 2.71 bits per heavy atom. The van der Waals surface area contributed by atoms with Crippen molar-refractivity contribution in [1.29, 1.82) is 0 Å². The molecule has 0 aliphatic carbocycles. The number of hydrogen-bond donors (Lipinski definition) is 0. The Bertz CT molecular complexity index is 481. The summed E-state index contributed by atoms with van der Waals surface area (Å²) in [5, 5.41) is 4.42. The first-order chi connectivity index (χ1) is 8.19. The number of hydrogen-bond acceptors (Lipinski definition) is 3. The van der Waals surface area contributed by atoms with Crippen LogP contribution in [0.25, 0.3) is 11.4 Å². The van der Waals surface area contributed by atoms with E-state index in [1.54, 1.807) is 13.4 Å². The highest BCUT2D eigenvalue weighted by Crippen LogP contribution is 2.16. The molecule has 0 spiro atoms. The van der Waals surface area contributed by atoms with E-state index in [2.05, 4.69) is 32.7 Å². The third kappa shape index (κ3) is 3.26. The Hall–Kier alpha value is -0.950. The van der Waals surface area contributed by atoms with Crippen LogP contribution >= 0.6 is 22.6 Å². The van der Waals surface area contributed by atoms with Crippen LogP contribution in [0.4, 0.5) is 0 Å². The molecule has 1 unspecified atom stereocenters. The predicted octanol–water partition coefficient (Wildman–Crippen LogP) is 2.58. The zero-order valence-electron chi connectivity index (χ0n) is 9.80. The normalized spacial score (nSPS) is 12.6. The van der Waals surface area contributed by atoms with E-state index in [4.69, 9.17) is 4.74 Å². The van der Waals surface area contributed by atoms with Gasteiger partial charge in [-0.2, -0.15) is 5.10 Å². The number of nitrogens with zero attached hydrogens (tertiary/aromatic N) is 3. The lowest BCUT2D eigenvalue weighted by molar-refractivity contribution is 0.0998. The summed E-state index contributed by atoms with van der Waals surface area (Å²) in [6, 6.07) is 8.16. The smallest absolute Gasteiger partial charge is 0.181 e. The fourth-order valence-corrected chi connectivity index (χ4v) is 1.81. The molecule has 90 valence electrons. The largest absolute Gasteiger partial charge is 0.380 e. The molecule has 0 aliphatic rings. The van der Waals surface area contributed by atoms with E-state index in [1.165, 1.54) is 3.57 Å². The van der Waals surface area contributed by atoms with Crippen molar-refractivity contribution >= 4 is 22.6 Å². The van der Waals surface area contributed by atoms with E-state index in [-0.39, 0.29) is 6.10 Å². The third-order valence-electron chi connectivity index (χ3n) is 2.49. The van der Waals surface area contributed by atoms with Gasteiger partial charge in [-0.05, 0) is 41.6 Å². The van der Waals surface area contributed by atoms with E-state index in [9.17, 15) is 0 Å². The lowest BCUT2D eigenvalue weighted by Crippen LogP contribution is -2.14. The number of methoxy groups -OCH3 is 1. The Morgan fingerprint density at radius 2 is 2.06 bits per heavy atom. The van der Waals surface area contributed by atoms with E-state index in [0.29, 0.717) is 6.54 Å². The van der Waals surface area contributed by atoms with Gasteiger partial charge >= 0.3 is 0 Å². The van der Waals surface area contributed by atoms with Gasteiger partial charge in [0.2, 0.25) is 0 Å². The first kappa shape index (κ1) is 12.5. The topological polar surface area (TPSA) is 39.9 Å². The number of aromatic nitrogens is 3. The molecule has 1 atom stereocenters. The molecular formula is C12H14IN3O. The van der Waals surface area contributed by atoms with E-state index >= 15 is 0 Å². The molecule has 0 amide bonds. The second kappa shape index (κ2) is 5.59. The molecule has 1 heterocycles. The summed E-state index contributed by atoms with van der Waals surface area (Å²) in [5.41, 5.74) is 1.04. The van der Waals surface area contributed by atoms with Crippen molar-refractivity contribution in [3.8, 4) is 11.4 Å². The Balaban J connectivity index is 2.15. The highest BCUT2D eigenvalue weighted by atomic mass is 127. The molecule has 0 saturated carbocycles. The second-order valence-electron chi connectivity index (χ2n) is 3.84. The Labute approximate surface area is 114 Å². The SMILES string of the molecule is COC(C)Cn1cnc(-c2ccc(I)cc2)n1. The molecule has 0 bridgehead atoms. The van der Waals surface area contributed by atoms with Crippen molar-refractivity contribution in [2.24, 2.45) is 0 Å². The summed E-state index contributed by atoms with van der Waals surface area (Å²) in [5.74, 6) is 0.754. The van der Waals surface area contributed by atoms with Gasteiger partial charge < -0.3 is 4.74 Å². The van der Waals surface area contributed by atoms with Crippen LogP contribution in [-0.4, -0.2) is 28.0 Å². The Morgan fingerprint density at radius 1 is 1.35 bits per heavy atom. The van der Waals surface area contributed by atoms with Crippen LogP contribution in [-0.2, 0) is 11.3 Å². The molecule has 17 heavy (non-hydrogen) atoms. The van der Waals surface area contributed by atoms with Gasteiger partial charge in [0.05, 0.1) is 12.6 Å². The van der Waals surface area contributed by atoms with Gasteiger partial charge in [0.25, 0.3) is 0 Å². The number of ether oxygens (including phenoxy) is 1. The van der Waals surface area contributed by atoms with Crippen LogP contribution in [0.2, 0.25) is 0 Å². The van der Waals surface area contributed by atoms with Crippen molar-refractivity contribution in [3.63, 3.8) is 0 Å². The number of benzene rings is 1. The summed E-state index contributed by atoms with van der Waals surface area (Å²) >= 11 is 2.28. The van der Waals surface area contributed by atoms with Crippen LogP contribution in [0.1, 0.15) is 6.92 Å². The maximum Gasteiger partial charge on any atom is 0.181 e. The van der Waals surface area contributed by atoms with Crippen molar-refractivity contribution in [1.82, 2.24) is 14.8 Å². The highest BCUT2D eigenvalue weighted by Gasteiger charge is 2.06. The molecule has 0 N–H and O–H groups in total. The zero-order chi connectivity index (χ0) is 12.3. The highest BCUT2D eigenvalue weighted by molar-refractivity contribution is 14.1. The maximum atomic E-state index is 5.20. The third-order valence-corrected chi connectivity index (χ3v) is 3.20. The van der Waals surface area contributed by atoms with Crippen molar-refractivity contribution < 1.29 is 4.74 Å². The first-order valence-corrected chi connectivity index (χ1v) is 6.45. The van der Waals surface area contributed by atoms with Gasteiger partial charge in [0.1, 0.15) is 6.33 Å². The standard InChI is InChI=1S/C12H14IN3O/c1-9(17-2)7-16-8-14-12(15-16)10-3-5-11(13)6-4-10/h3-6,8-9H,7H2,1-2H3. The Kier molecular flexibility index (Phi) is 4.11. The predicted molar refractivity (Wildman–Crippen MR) is 74.6 cm³/mol. The van der Waals surface area contributed by atoms with Crippen LogP contribution in [0.5, 0.6) is 0 Å². The molecule has 1 aromatic heterocycles. The molecule has 2 rings (SSSR count). The van der Waals surface area contributed by atoms with Gasteiger partial charge in [0, 0.05) is 16.2 Å². The van der Waals surface area contributed by atoms with Gasteiger partial charge in [-0.25, -0.2) is 9.67 Å². The summed E-state index contributed by atoms with van der Waals surface area (Å²) in [6.45, 7) is 2.72. The quantitative estimate of drug-likeness (QED) is 0.802. The zero-order valence-corrected chi connectivity index (χ0v) is 12.0. The summed E-state index contributed by atoms with van der Waals surface area (Å²) in [7, 11) is 1.70. The molecule has 0 aliphatic heterocycles. The minimum Gasteiger partial charge on any atom is -0.380 e.